The van der Waals surface area contributed by atoms with Crippen molar-refractivity contribution in [2.45, 2.75) is 37.4 Å². The molecule has 8 heteroatoms. The predicted octanol–water partition coefficient (Wildman–Crippen LogP) is 4.73. The first-order valence-corrected chi connectivity index (χ1v) is 12.4. The second-order valence-corrected chi connectivity index (χ2v) is 10.2. The van der Waals surface area contributed by atoms with Crippen molar-refractivity contribution < 1.29 is 22.7 Å². The fourth-order valence-corrected chi connectivity index (χ4v) is 5.97. The van der Waals surface area contributed by atoms with Gasteiger partial charge >= 0.3 is 5.97 Å². The van der Waals surface area contributed by atoms with Crippen LogP contribution in [0.4, 0.5) is 5.69 Å². The summed E-state index contributed by atoms with van der Waals surface area (Å²) in [6, 6.07) is 19.0. The number of benzene rings is 3. The highest BCUT2D eigenvalue weighted by atomic mass is 32.2. The molecule has 0 aromatic heterocycles. The van der Waals surface area contributed by atoms with Gasteiger partial charge in [0.05, 0.1) is 31.6 Å². The molecule has 3 aromatic rings. The number of ether oxygens (including phenoxy) is 2. The number of anilines is 1. The van der Waals surface area contributed by atoms with Crippen LogP contribution in [0, 0.1) is 13.8 Å². The van der Waals surface area contributed by atoms with E-state index in [0.29, 0.717) is 16.9 Å². The molecule has 2 atom stereocenters. The summed E-state index contributed by atoms with van der Waals surface area (Å²) < 4.78 is 40.0. The Bertz CT molecular complexity index is 1290. The maximum absolute atomic E-state index is 14.0. The average molecular weight is 481 g/mol. The fraction of sp³-hybridized carbons (Fsp3) is 0.269. The van der Waals surface area contributed by atoms with Crippen LogP contribution in [0.15, 0.2) is 71.6 Å². The van der Waals surface area contributed by atoms with Gasteiger partial charge in [0.2, 0.25) is 10.0 Å². The largest absolute Gasteiger partial charge is 0.496 e. The third-order valence-electron chi connectivity index (χ3n) is 6.05. The second kappa shape index (κ2) is 9.48. The Labute approximate surface area is 200 Å². The summed E-state index contributed by atoms with van der Waals surface area (Å²) in [5.41, 5.74) is 4.16. The number of rotatable bonds is 7. The Morgan fingerprint density at radius 1 is 0.941 bits per heavy atom. The molecule has 0 amide bonds. The quantitative estimate of drug-likeness (QED) is 0.492. The molecule has 1 N–H and O–H groups in total. The van der Waals surface area contributed by atoms with E-state index in [4.69, 9.17) is 9.47 Å². The van der Waals surface area contributed by atoms with Gasteiger partial charge in [-0.05, 0) is 49.7 Å². The minimum Gasteiger partial charge on any atom is -0.496 e. The maximum atomic E-state index is 14.0. The van der Waals surface area contributed by atoms with Crippen LogP contribution in [0.5, 0.6) is 5.75 Å². The summed E-state index contributed by atoms with van der Waals surface area (Å²) in [7, 11) is -1.18. The van der Waals surface area contributed by atoms with E-state index in [-0.39, 0.29) is 11.3 Å². The number of fused-ring (bicyclic) bond motifs is 1. The van der Waals surface area contributed by atoms with Crippen molar-refractivity contribution in [1.82, 2.24) is 4.31 Å². The van der Waals surface area contributed by atoms with Crippen LogP contribution in [-0.4, -0.2) is 32.9 Å². The molecular weight excluding hydrogens is 452 g/mol. The van der Waals surface area contributed by atoms with Crippen molar-refractivity contribution >= 4 is 21.7 Å². The summed E-state index contributed by atoms with van der Waals surface area (Å²) in [4.78, 5) is 12.5. The summed E-state index contributed by atoms with van der Waals surface area (Å²) in [6.07, 6.45) is -0.928. The SMILES string of the molecule is COC(=O)C[C@@H]1c2cccc(OC)c2[C@H](Nc2ccc(C)cc2)N1S(=O)(=O)c1ccc(C)cc1. The van der Waals surface area contributed by atoms with Gasteiger partial charge in [0.15, 0.2) is 0 Å². The Kier molecular flexibility index (Phi) is 6.63. The number of carbonyl (C=O) groups excluding carboxylic acids is 1. The van der Waals surface area contributed by atoms with E-state index in [1.54, 1.807) is 43.5 Å². The van der Waals surface area contributed by atoms with Crippen LogP contribution < -0.4 is 10.1 Å². The van der Waals surface area contributed by atoms with Crippen molar-refractivity contribution in [2.75, 3.05) is 19.5 Å². The number of carbonyl (C=O) groups is 1. The van der Waals surface area contributed by atoms with E-state index >= 15 is 0 Å². The van der Waals surface area contributed by atoms with Crippen molar-refractivity contribution in [2.24, 2.45) is 0 Å². The first-order valence-electron chi connectivity index (χ1n) is 10.9. The van der Waals surface area contributed by atoms with Gasteiger partial charge in [-0.1, -0.05) is 47.5 Å². The summed E-state index contributed by atoms with van der Waals surface area (Å²) in [6.45, 7) is 3.88. The van der Waals surface area contributed by atoms with Crippen LogP contribution in [-0.2, 0) is 19.6 Å². The number of hydrogen-bond acceptors (Lipinski definition) is 6. The van der Waals surface area contributed by atoms with Crippen molar-refractivity contribution in [1.29, 1.82) is 0 Å². The van der Waals surface area contributed by atoms with Gasteiger partial charge in [-0.25, -0.2) is 8.42 Å². The number of sulfonamides is 1. The molecule has 34 heavy (non-hydrogen) atoms. The highest BCUT2D eigenvalue weighted by Gasteiger charge is 2.48. The van der Waals surface area contributed by atoms with E-state index in [1.165, 1.54) is 11.4 Å². The third kappa shape index (κ3) is 4.38. The van der Waals surface area contributed by atoms with Crippen LogP contribution in [0.2, 0.25) is 0 Å². The molecule has 0 unspecified atom stereocenters. The molecule has 0 saturated heterocycles. The topological polar surface area (TPSA) is 84.9 Å². The highest BCUT2D eigenvalue weighted by molar-refractivity contribution is 7.89. The standard InChI is InChI=1S/C26H28N2O5S/c1-17-8-12-19(13-9-17)27-26-25-21(6-5-7-23(25)32-3)22(16-24(29)33-4)28(26)34(30,31)20-14-10-18(2)11-15-20/h5-15,22,26-27H,16H2,1-4H3/t22-,26-/m1/s1. The molecule has 178 valence electrons. The minimum atomic E-state index is -4.02. The number of nitrogens with one attached hydrogen (secondary N) is 1. The minimum absolute atomic E-state index is 0.131. The molecule has 0 spiro atoms. The van der Waals surface area contributed by atoms with E-state index in [2.05, 4.69) is 5.32 Å². The summed E-state index contributed by atoms with van der Waals surface area (Å²) in [5.74, 6) is 0.0393. The fourth-order valence-electron chi connectivity index (χ4n) is 4.29. The van der Waals surface area contributed by atoms with E-state index < -0.39 is 28.2 Å². The lowest BCUT2D eigenvalue weighted by molar-refractivity contribution is -0.141. The summed E-state index contributed by atoms with van der Waals surface area (Å²) >= 11 is 0. The molecule has 4 rings (SSSR count). The molecule has 3 aromatic carbocycles. The number of aryl methyl sites for hydroxylation is 2. The monoisotopic (exact) mass is 480 g/mol. The number of esters is 1. The van der Waals surface area contributed by atoms with Crippen molar-refractivity contribution in [3.63, 3.8) is 0 Å². The lowest BCUT2D eigenvalue weighted by atomic mass is 10.0. The first-order chi connectivity index (χ1) is 16.3. The molecule has 1 heterocycles. The molecule has 0 fully saturated rings. The smallest absolute Gasteiger partial charge is 0.307 e. The Morgan fingerprint density at radius 2 is 1.56 bits per heavy atom. The van der Waals surface area contributed by atoms with Gasteiger partial charge in [-0.2, -0.15) is 4.31 Å². The molecular formula is C26H28N2O5S. The number of nitrogens with zero attached hydrogens (tertiary/aromatic N) is 1. The Hall–Kier alpha value is -3.36. The first kappa shape index (κ1) is 23.8. The zero-order valence-electron chi connectivity index (χ0n) is 19.6. The van der Waals surface area contributed by atoms with Crippen LogP contribution in [0.25, 0.3) is 0 Å². The lowest BCUT2D eigenvalue weighted by Crippen LogP contribution is -2.37. The summed E-state index contributed by atoms with van der Waals surface area (Å²) in [5, 5.41) is 3.37. The second-order valence-electron chi connectivity index (χ2n) is 8.32. The molecule has 1 aliphatic rings. The lowest BCUT2D eigenvalue weighted by Gasteiger charge is -2.30. The van der Waals surface area contributed by atoms with Crippen LogP contribution >= 0.6 is 0 Å². The molecule has 0 saturated carbocycles. The van der Waals surface area contributed by atoms with Gasteiger partial charge in [-0.3, -0.25) is 4.79 Å². The van der Waals surface area contributed by atoms with Gasteiger partial charge in [-0.15, -0.1) is 0 Å². The molecule has 0 radical (unpaired) electrons. The zero-order valence-corrected chi connectivity index (χ0v) is 20.4. The van der Waals surface area contributed by atoms with Gasteiger partial charge in [0.25, 0.3) is 0 Å². The van der Waals surface area contributed by atoms with Crippen LogP contribution in [0.1, 0.15) is 40.9 Å². The zero-order chi connectivity index (χ0) is 24.5. The van der Waals surface area contributed by atoms with E-state index in [9.17, 15) is 13.2 Å². The molecule has 0 bridgehead atoms. The molecule has 0 aliphatic carbocycles. The van der Waals surface area contributed by atoms with Gasteiger partial charge < -0.3 is 14.8 Å². The van der Waals surface area contributed by atoms with Crippen LogP contribution in [0.3, 0.4) is 0 Å². The van der Waals surface area contributed by atoms with E-state index in [1.807, 2.05) is 44.2 Å². The number of methoxy groups -OCH3 is 2. The van der Waals surface area contributed by atoms with Gasteiger partial charge in [0, 0.05) is 11.3 Å². The van der Waals surface area contributed by atoms with Gasteiger partial charge in [0.1, 0.15) is 11.9 Å². The highest BCUT2D eigenvalue weighted by Crippen LogP contribution is 2.50. The Morgan fingerprint density at radius 3 is 2.15 bits per heavy atom. The van der Waals surface area contributed by atoms with Crippen molar-refractivity contribution in [3.8, 4) is 5.75 Å². The molecule has 7 nitrogen and oxygen atoms in total. The Balaban J connectivity index is 1.91. The molecule has 1 aliphatic heterocycles. The van der Waals surface area contributed by atoms with Crippen molar-refractivity contribution in [3.05, 3.63) is 89.0 Å². The number of hydrogen-bond donors (Lipinski definition) is 1. The predicted molar refractivity (Wildman–Crippen MR) is 130 cm³/mol. The maximum Gasteiger partial charge on any atom is 0.307 e. The average Bonchev–Trinajstić information content (AvgIpc) is 3.14. The normalized spacial score (nSPS) is 17.8. The van der Waals surface area contributed by atoms with E-state index in [0.717, 1.165) is 16.8 Å². The third-order valence-corrected chi connectivity index (χ3v) is 7.94.